The molecule has 5 heterocycles. The van der Waals surface area contributed by atoms with Gasteiger partial charge in [-0.05, 0) is 102 Å². The predicted octanol–water partition coefficient (Wildman–Crippen LogP) is 10.6. The molecule has 0 aliphatic carbocycles. The molecule has 3 aliphatic heterocycles. The van der Waals surface area contributed by atoms with Crippen molar-refractivity contribution in [3.63, 3.8) is 0 Å². The Morgan fingerprint density at radius 2 is 1.30 bits per heavy atom. The number of nitrogens with zero attached hydrogens (tertiary/aromatic N) is 8. The van der Waals surface area contributed by atoms with Crippen molar-refractivity contribution >= 4 is 83.7 Å². The largest absolute Gasteiger partial charge is 0.480 e. The van der Waals surface area contributed by atoms with Crippen molar-refractivity contribution in [1.29, 1.82) is 0 Å². The highest BCUT2D eigenvalue weighted by atomic mass is 32.2. The Hall–Kier alpha value is -7.29. The number of benzene rings is 2. The fourth-order valence-electron chi connectivity index (χ4n) is 8.99. The molecule has 1 fully saturated rings. The average molecular weight is 1220 g/mol. The van der Waals surface area contributed by atoms with E-state index in [4.69, 9.17) is 47.3 Å². The molecule has 4 atom stereocenters. The lowest BCUT2D eigenvalue weighted by atomic mass is 9.81. The molecule has 2 aromatic carbocycles. The van der Waals surface area contributed by atoms with E-state index in [9.17, 15) is 23.9 Å². The van der Waals surface area contributed by atoms with Crippen LogP contribution in [0.1, 0.15) is 94.9 Å². The number of amidine groups is 2. The third-order valence-corrected chi connectivity index (χ3v) is 17.1. The molecule has 448 valence electrons. The van der Waals surface area contributed by atoms with Crippen molar-refractivity contribution < 1.29 is 60.7 Å². The minimum atomic E-state index is -1.53. The van der Waals surface area contributed by atoms with Gasteiger partial charge in [0.05, 0.1) is 49.1 Å². The van der Waals surface area contributed by atoms with E-state index in [2.05, 4.69) is 56.4 Å². The summed E-state index contributed by atoms with van der Waals surface area (Å²) >= 11 is 2.04. The number of carboxylic acids is 1. The number of hydrogen-bond acceptors (Lipinski definition) is 17. The van der Waals surface area contributed by atoms with Crippen LogP contribution in [-0.2, 0) is 34.9 Å². The molecule has 18 nitrogen and oxygen atoms in total. The van der Waals surface area contributed by atoms with Crippen molar-refractivity contribution in [2.24, 2.45) is 15.7 Å². The summed E-state index contributed by atoms with van der Waals surface area (Å²) in [6.45, 7) is 20.3. The van der Waals surface area contributed by atoms with Gasteiger partial charge in [-0.3, -0.25) is 19.6 Å². The quantitative estimate of drug-likeness (QED) is 0.0329. The highest BCUT2D eigenvalue weighted by Gasteiger charge is 2.51. The zero-order valence-electron chi connectivity index (χ0n) is 48.6. The first-order valence-electron chi connectivity index (χ1n) is 26.5. The summed E-state index contributed by atoms with van der Waals surface area (Å²) in [6.07, 6.45) is 16.8. The van der Waals surface area contributed by atoms with Gasteiger partial charge in [-0.25, -0.2) is 47.2 Å². The molecule has 1 unspecified atom stereocenters. The van der Waals surface area contributed by atoms with Crippen LogP contribution in [0.2, 0.25) is 25.7 Å². The van der Waals surface area contributed by atoms with Crippen molar-refractivity contribution in [2.75, 3.05) is 52.9 Å². The van der Waals surface area contributed by atoms with Crippen LogP contribution >= 0.6 is 23.5 Å². The van der Waals surface area contributed by atoms with Crippen LogP contribution in [0.5, 0.6) is 11.8 Å². The summed E-state index contributed by atoms with van der Waals surface area (Å²) in [5, 5.41) is 10.5. The first-order chi connectivity index (χ1) is 39.4. The molecule has 4 aromatic rings. The Balaban J connectivity index is 0.000000277. The summed E-state index contributed by atoms with van der Waals surface area (Å²) in [7, 11) is -1.46. The van der Waals surface area contributed by atoms with Gasteiger partial charge in [0.1, 0.15) is 44.8 Å². The van der Waals surface area contributed by atoms with E-state index in [1.807, 2.05) is 0 Å². The Bertz CT molecular complexity index is 3270. The third kappa shape index (κ3) is 17.6. The number of rotatable bonds is 17. The highest BCUT2D eigenvalue weighted by Crippen LogP contribution is 2.49. The number of aromatic nitrogens is 4. The first kappa shape index (κ1) is 65.9. The lowest BCUT2D eigenvalue weighted by Crippen LogP contribution is -2.54. The Labute approximate surface area is 496 Å². The molecule has 84 heavy (non-hydrogen) atoms. The fraction of sp³-hybridized carbons (Fsp3) is 0.441. The molecular formula is C59H69F4N9O9S2Si. The van der Waals surface area contributed by atoms with Gasteiger partial charge in [0.2, 0.25) is 17.7 Å². The SMILES string of the molecule is C#CCOc1cnc(/C(F)=C/c2ccc(F)c([C@]3(C)CC(C)(C(=O)O)SC(N(COCC[Si](C)(C)C)C(=O)OC(C)(C)C)=N3)c2)cn1.C#CCOc1cnc(/C(F)=C/c2ccc(F)c([C@]3(C)C[C@@](C)(C(=O)N4CCOCC4)SC(N)=N3)c2)cn1. The van der Waals surface area contributed by atoms with E-state index in [0.717, 1.165) is 34.8 Å². The molecule has 0 saturated carbocycles. The van der Waals surface area contributed by atoms with Crippen LogP contribution < -0.4 is 15.2 Å². The second kappa shape index (κ2) is 27.6. The summed E-state index contributed by atoms with van der Waals surface area (Å²) in [4.78, 5) is 67.7. The Kier molecular flexibility index (Phi) is 21.6. The van der Waals surface area contributed by atoms with Gasteiger partial charge < -0.3 is 39.4 Å². The highest BCUT2D eigenvalue weighted by molar-refractivity contribution is 8.15. The summed E-state index contributed by atoms with van der Waals surface area (Å²) in [6, 6.07) is 8.96. The molecule has 25 heteroatoms. The number of thioether (sulfide) groups is 2. The van der Waals surface area contributed by atoms with E-state index in [1.54, 1.807) is 46.4 Å². The van der Waals surface area contributed by atoms with E-state index in [1.165, 1.54) is 79.9 Å². The summed E-state index contributed by atoms with van der Waals surface area (Å²) < 4.78 is 85.6. The number of ether oxygens (including phenoxy) is 5. The lowest BCUT2D eigenvalue weighted by Gasteiger charge is -2.43. The third-order valence-electron chi connectivity index (χ3n) is 13.1. The van der Waals surface area contributed by atoms with Gasteiger partial charge in [0.25, 0.3) is 0 Å². The number of halogens is 4. The minimum Gasteiger partial charge on any atom is -0.480 e. The van der Waals surface area contributed by atoms with Gasteiger partial charge >= 0.3 is 12.1 Å². The maximum Gasteiger partial charge on any atom is 0.418 e. The van der Waals surface area contributed by atoms with Crippen molar-refractivity contribution in [3.05, 3.63) is 106 Å². The first-order valence-corrected chi connectivity index (χ1v) is 31.9. The van der Waals surface area contributed by atoms with Crippen molar-refractivity contribution in [2.45, 2.75) is 113 Å². The standard InChI is InChI=1S/C33H42F2N4O6SSi.C26H27F2N5O3S/c1-10-13-44-27-19-36-26(18-37-27)25(35)17-22-11-12-24(34)23(16-22)32(5)20-33(6,28(40)41)46-29(38-32)39(30(42)45-31(2,3)4)21-43-14-15-47(7,8)9;1-4-9-36-22-15-30-21(14-31-22)20(28)13-17-5-6-19(27)18(12-17)25(2)16-26(3,37-24(29)32-25)23(34)33-7-10-35-11-8-33/h1,11-12,16-19H,13-15,20-21H2,2-9H3,(H,40,41);1,5-6,12-15H,7-11,16H2,2-3H3,(H2,29,32)/b25-17-;20-13-/t32-,33?;25-,26-/m00/s1. The van der Waals surface area contributed by atoms with Crippen LogP contribution in [0.4, 0.5) is 22.4 Å². The molecule has 0 bridgehead atoms. The molecule has 3 N–H and O–H groups in total. The van der Waals surface area contributed by atoms with Gasteiger partial charge in [-0.1, -0.05) is 67.1 Å². The zero-order valence-corrected chi connectivity index (χ0v) is 51.2. The lowest BCUT2D eigenvalue weighted by molar-refractivity contribution is -0.140. The molecular weight excluding hydrogens is 1150 g/mol. The molecule has 0 spiro atoms. The molecule has 3 aliphatic rings. The summed E-state index contributed by atoms with van der Waals surface area (Å²) in [5.41, 5.74) is 3.41. The number of carboxylic acid groups (broad SMARTS) is 1. The number of nitrogens with two attached hydrogens (primary N) is 1. The van der Waals surface area contributed by atoms with Gasteiger partial charge in [-0.2, -0.15) is 0 Å². The van der Waals surface area contributed by atoms with Crippen molar-refractivity contribution in [3.8, 4) is 36.4 Å². The van der Waals surface area contributed by atoms with Crippen LogP contribution in [0.3, 0.4) is 0 Å². The van der Waals surface area contributed by atoms with E-state index in [0.29, 0.717) is 38.5 Å². The number of aliphatic carboxylic acids is 1. The van der Waals surface area contributed by atoms with E-state index in [-0.39, 0.29) is 88.9 Å². The zero-order chi connectivity index (χ0) is 61.8. The number of carbonyl (C=O) groups excluding carboxylic acids is 2. The molecule has 0 radical (unpaired) electrons. The number of terminal acetylenes is 2. The number of aliphatic imine (C=N–C) groups is 2. The van der Waals surface area contributed by atoms with E-state index >= 15 is 13.2 Å². The second-order valence-electron chi connectivity index (χ2n) is 22.8. The summed E-state index contributed by atoms with van der Waals surface area (Å²) in [5.74, 6) is 0.988. The van der Waals surface area contributed by atoms with Crippen LogP contribution in [-0.4, -0.2) is 139 Å². The monoisotopic (exact) mass is 1220 g/mol. The number of amides is 2. The van der Waals surface area contributed by atoms with Crippen molar-refractivity contribution in [1.82, 2.24) is 29.7 Å². The number of hydrogen-bond donors (Lipinski definition) is 2. The van der Waals surface area contributed by atoms with E-state index < -0.39 is 69.6 Å². The Morgan fingerprint density at radius 3 is 1.75 bits per heavy atom. The number of carbonyl (C=O) groups is 3. The fourth-order valence-corrected chi connectivity index (χ4v) is 12.4. The smallest absolute Gasteiger partial charge is 0.418 e. The van der Waals surface area contributed by atoms with Crippen LogP contribution in [0, 0.1) is 36.3 Å². The maximum absolute atomic E-state index is 15.6. The van der Waals surface area contributed by atoms with Crippen LogP contribution in [0.25, 0.3) is 23.8 Å². The average Bonchev–Trinajstić information content (AvgIpc) is 1.93. The maximum atomic E-state index is 15.6. The molecule has 2 amide bonds. The Morgan fingerprint density at radius 1 is 0.798 bits per heavy atom. The second-order valence-corrected chi connectivity index (χ2v) is 31.4. The molecule has 1 saturated heterocycles. The molecule has 2 aromatic heterocycles. The minimum absolute atomic E-state index is 0.000141. The van der Waals surface area contributed by atoms with Gasteiger partial charge in [-0.15, -0.1) is 12.8 Å². The van der Waals surface area contributed by atoms with Crippen LogP contribution in [0.15, 0.2) is 71.2 Å². The predicted molar refractivity (Wildman–Crippen MR) is 321 cm³/mol. The number of morpholine rings is 1. The normalized spacial score (nSPS) is 22.0. The van der Waals surface area contributed by atoms with Gasteiger partial charge in [0.15, 0.2) is 35.2 Å². The topological polar surface area (TPSA) is 226 Å². The van der Waals surface area contributed by atoms with Gasteiger partial charge in [0, 0.05) is 51.7 Å². The molecule has 7 rings (SSSR count).